The monoisotopic (exact) mass is 1350 g/mol. The molecule has 8 bridgehead atoms. The van der Waals surface area contributed by atoms with Crippen LogP contribution in [0, 0.1) is 0 Å². The Kier molecular flexibility index (Phi) is 25.8. The number of fused-ring (bicyclic) bond motifs is 8. The molecule has 0 aromatic heterocycles. The van der Waals surface area contributed by atoms with Gasteiger partial charge in [-0.3, -0.25) is 38.4 Å². The van der Waals surface area contributed by atoms with Crippen molar-refractivity contribution >= 4 is 70.0 Å². The van der Waals surface area contributed by atoms with Gasteiger partial charge in [0.05, 0.1) is 26.4 Å². The number of carbonyl (C=O) groups excluding carboxylic acids is 8. The second-order valence-electron chi connectivity index (χ2n) is 24.8. The summed E-state index contributed by atoms with van der Waals surface area (Å²) < 4.78 is 27.6. The molecule has 9 rings (SSSR count). The van der Waals surface area contributed by atoms with E-state index in [-0.39, 0.29) is 52.1 Å². The molecule has 8 aromatic rings. The Bertz CT molecular complexity index is 3600. The summed E-state index contributed by atoms with van der Waals surface area (Å²) in [5.74, 6) is -1.97. The summed E-state index contributed by atoms with van der Waals surface area (Å²) in [5.41, 5.74) is 7.61. The first-order valence-corrected chi connectivity index (χ1v) is 34.1. The quantitative estimate of drug-likeness (QED) is 0.0227. The maximum absolute atomic E-state index is 14.5. The van der Waals surface area contributed by atoms with E-state index in [2.05, 4.69) is 42.5 Å². The Morgan fingerprint density at radius 1 is 0.290 bits per heavy atom. The molecule has 1 aliphatic rings. The van der Waals surface area contributed by atoms with E-state index in [1.54, 1.807) is 149 Å². The smallest absolute Gasteiger partial charge is 0.251 e. The molecule has 100 heavy (non-hydrogen) atoms. The summed E-state index contributed by atoms with van der Waals surface area (Å²) >= 11 is 0. The summed E-state index contributed by atoms with van der Waals surface area (Å²) in [5, 5.41) is 23.7. The molecule has 8 N–H and O–H groups in total. The number of carbonyl (C=O) groups is 8. The molecule has 0 unspecified atom stereocenters. The van der Waals surface area contributed by atoms with Crippen LogP contribution in [0.4, 0.5) is 22.7 Å². The highest BCUT2D eigenvalue weighted by atomic mass is 16.5. The summed E-state index contributed by atoms with van der Waals surface area (Å²) in [6, 6.07) is 44.8. The fourth-order valence-electron chi connectivity index (χ4n) is 11.5. The van der Waals surface area contributed by atoms with Crippen LogP contribution in [0.25, 0.3) is 0 Å². The van der Waals surface area contributed by atoms with Gasteiger partial charge in [0.2, 0.25) is 23.6 Å². The van der Waals surface area contributed by atoms with Crippen molar-refractivity contribution in [1.29, 1.82) is 0 Å². The Morgan fingerprint density at radius 3 is 0.620 bits per heavy atom. The van der Waals surface area contributed by atoms with Gasteiger partial charge in [-0.15, -0.1) is 0 Å². The summed E-state index contributed by atoms with van der Waals surface area (Å²) in [6.07, 6.45) is 2.66. The van der Waals surface area contributed by atoms with E-state index in [1.807, 2.05) is 76.2 Å². The second kappa shape index (κ2) is 35.3. The molecule has 0 heterocycles. The summed E-state index contributed by atoms with van der Waals surface area (Å²) in [4.78, 5) is 112. The van der Waals surface area contributed by atoms with Crippen molar-refractivity contribution in [1.82, 2.24) is 21.3 Å². The molecular weight excluding hydrogens is 1260 g/mol. The first-order valence-electron chi connectivity index (χ1n) is 34.1. The predicted octanol–water partition coefficient (Wildman–Crippen LogP) is 12.5. The van der Waals surface area contributed by atoms with E-state index in [9.17, 15) is 38.4 Å². The molecule has 20 heteroatoms. The number of hydrogen-bond donors (Lipinski definition) is 8. The molecule has 1 aliphatic carbocycles. The Morgan fingerprint density at radius 2 is 0.460 bits per heavy atom. The second-order valence-corrected chi connectivity index (χ2v) is 24.8. The van der Waals surface area contributed by atoms with Crippen molar-refractivity contribution in [2.75, 3.05) is 47.7 Å². The van der Waals surface area contributed by atoms with Crippen LogP contribution in [-0.2, 0) is 44.9 Å². The summed E-state index contributed by atoms with van der Waals surface area (Å²) in [7, 11) is 0. The van der Waals surface area contributed by atoms with E-state index in [1.165, 1.54) is 0 Å². The van der Waals surface area contributed by atoms with E-state index in [4.69, 9.17) is 18.9 Å². The van der Waals surface area contributed by atoms with E-state index >= 15 is 0 Å². The third kappa shape index (κ3) is 19.5. The average molecular weight is 1350 g/mol. The molecule has 0 aliphatic heterocycles. The van der Waals surface area contributed by atoms with Crippen molar-refractivity contribution in [2.45, 2.75) is 131 Å². The largest absolute Gasteiger partial charge is 0.493 e. The van der Waals surface area contributed by atoms with E-state index in [0.717, 1.165) is 0 Å². The van der Waals surface area contributed by atoms with Crippen molar-refractivity contribution in [2.24, 2.45) is 0 Å². The zero-order valence-electron chi connectivity index (χ0n) is 57.9. The highest BCUT2D eigenvalue weighted by Gasteiger charge is 2.29. The Balaban J connectivity index is 1.27. The standard InChI is InChI=1S/C80H88N8O12/c1-9-33-97-69-57-37-59-43-66(86-74(90)50(6)82-78(94)54-27-19-14-20-28-54)45-61(70(59)98-34-10-2)39-63-47-68(88-76(92)52(8)84-80(96)56-31-23-16-24-32-56)48-64(72(63)100-36-12-4)40-62-46-67(87-75(91)51(7)83-79(95)55-29-21-15-22-30-55)44-60(71(62)99-35-11-3)38-58(69)42-65(41-57)85-73(89)49(5)81-77(93)53-25-17-13-18-26-53/h13-32,41-52H,9-12,33-40H2,1-8H3,(H,81,93)(H,82,94)(H,83,95)(H,84,96)(H,85,89)(H,86,90)(H,87,91)(H,88,92)/t49-,50-,51-,52-/m0/s1. The molecule has 0 spiro atoms. The van der Waals surface area contributed by atoms with Crippen molar-refractivity contribution in [3.63, 3.8) is 0 Å². The highest BCUT2D eigenvalue weighted by molar-refractivity contribution is 6.04. The fraction of sp³-hybridized carbons (Fsp3) is 0.300. The van der Waals surface area contributed by atoms with Gasteiger partial charge in [-0.2, -0.15) is 0 Å². The van der Waals surface area contributed by atoms with Gasteiger partial charge in [-0.1, -0.05) is 100 Å². The van der Waals surface area contributed by atoms with Gasteiger partial charge in [-0.05, 0) is 150 Å². The van der Waals surface area contributed by atoms with Crippen LogP contribution in [0.15, 0.2) is 170 Å². The molecule has 0 fully saturated rings. The normalized spacial score (nSPS) is 12.7. The van der Waals surface area contributed by atoms with Crippen molar-refractivity contribution in [3.05, 3.63) is 237 Å². The fourth-order valence-corrected chi connectivity index (χ4v) is 11.5. The molecule has 8 amide bonds. The molecule has 0 saturated heterocycles. The molecule has 0 saturated carbocycles. The SMILES string of the molecule is CCCOc1c2cc(NC(=O)[C@H](C)NC(=O)c3ccccc3)cc1Cc1cc(NC(=O)[C@H](C)NC(=O)c3ccccc3)cc(c1OCCC)Cc1cc(NC(=O)[C@H](C)NC(=O)c3ccccc3)cc(c1OCCC)Cc1cc(NC(=O)[C@H](C)NC(=O)c3ccccc3)cc(c1OCCC)C2. The Hall–Kier alpha value is -11.3. The van der Waals surface area contributed by atoms with Crippen LogP contribution >= 0.6 is 0 Å². The lowest BCUT2D eigenvalue weighted by Gasteiger charge is -2.25. The molecule has 520 valence electrons. The minimum Gasteiger partial charge on any atom is -0.493 e. The number of rotatable bonds is 28. The van der Waals surface area contributed by atoms with Gasteiger partial charge in [-0.25, -0.2) is 0 Å². The van der Waals surface area contributed by atoms with Gasteiger partial charge < -0.3 is 61.5 Å². The number of benzene rings is 8. The zero-order chi connectivity index (χ0) is 71.2. The molecule has 4 atom stereocenters. The van der Waals surface area contributed by atoms with Crippen LogP contribution in [0.5, 0.6) is 23.0 Å². The minimum atomic E-state index is -1.02. The van der Waals surface area contributed by atoms with Gasteiger partial charge in [0.1, 0.15) is 47.2 Å². The molecular formula is C80H88N8O12. The maximum Gasteiger partial charge on any atom is 0.251 e. The third-order valence-corrected chi connectivity index (χ3v) is 16.5. The van der Waals surface area contributed by atoms with Gasteiger partial charge >= 0.3 is 0 Å². The molecule has 20 nitrogen and oxygen atoms in total. The number of nitrogens with one attached hydrogen (secondary N) is 8. The Labute approximate surface area is 584 Å². The number of amides is 8. The number of anilines is 4. The van der Waals surface area contributed by atoms with Crippen LogP contribution in [0.3, 0.4) is 0 Å². The van der Waals surface area contributed by atoms with E-state index < -0.39 is 71.4 Å². The van der Waals surface area contributed by atoms with Crippen LogP contribution in [0.2, 0.25) is 0 Å². The van der Waals surface area contributed by atoms with Crippen LogP contribution < -0.4 is 61.5 Å². The number of hydrogen-bond acceptors (Lipinski definition) is 12. The molecule has 0 radical (unpaired) electrons. The van der Waals surface area contributed by atoms with Crippen molar-refractivity contribution in [3.8, 4) is 23.0 Å². The first kappa shape index (κ1) is 73.0. The van der Waals surface area contributed by atoms with Gasteiger partial charge in [0, 0.05) is 115 Å². The average Bonchev–Trinajstić information content (AvgIpc) is 0.773. The highest BCUT2D eigenvalue weighted by Crippen LogP contribution is 2.43. The molecule has 8 aromatic carbocycles. The summed E-state index contributed by atoms with van der Waals surface area (Å²) in [6.45, 7) is 15.4. The zero-order valence-corrected chi connectivity index (χ0v) is 57.9. The van der Waals surface area contributed by atoms with Gasteiger partial charge in [0.25, 0.3) is 23.6 Å². The van der Waals surface area contributed by atoms with Crippen molar-refractivity contribution < 1.29 is 57.3 Å². The topological polar surface area (TPSA) is 270 Å². The lowest BCUT2D eigenvalue weighted by atomic mass is 9.90. The third-order valence-electron chi connectivity index (χ3n) is 16.5. The first-order chi connectivity index (χ1) is 48.3. The van der Waals surface area contributed by atoms with E-state index in [0.29, 0.717) is 138 Å². The number of ether oxygens (including phenoxy) is 4. The minimum absolute atomic E-state index is 0.0619. The van der Waals surface area contributed by atoms with Crippen LogP contribution in [0.1, 0.15) is 167 Å². The maximum atomic E-state index is 14.5. The lowest BCUT2D eigenvalue weighted by molar-refractivity contribution is -0.118. The van der Waals surface area contributed by atoms with Crippen LogP contribution in [-0.4, -0.2) is 97.9 Å². The lowest BCUT2D eigenvalue weighted by Crippen LogP contribution is -2.41. The van der Waals surface area contributed by atoms with Gasteiger partial charge in [0.15, 0.2) is 0 Å². The predicted molar refractivity (Wildman–Crippen MR) is 388 cm³/mol.